The van der Waals surface area contributed by atoms with Gasteiger partial charge in [-0.1, -0.05) is 17.7 Å². The van der Waals surface area contributed by atoms with Gasteiger partial charge in [-0.2, -0.15) is 0 Å². The number of nitrogens with one attached hydrogen (secondary N) is 3. The van der Waals surface area contributed by atoms with Crippen molar-refractivity contribution in [3.05, 3.63) is 71.0 Å². The number of hydrogen-bond donors (Lipinski definition) is 3. The Morgan fingerprint density at radius 1 is 0.893 bits per heavy atom. The molecule has 1 heterocycles. The largest absolute Gasteiger partial charge is 0.326 e. The van der Waals surface area contributed by atoms with Crippen LogP contribution in [-0.2, 0) is 4.79 Å². The van der Waals surface area contributed by atoms with Crippen molar-refractivity contribution in [3.63, 3.8) is 0 Å². The third kappa shape index (κ3) is 5.05. The summed E-state index contributed by atoms with van der Waals surface area (Å²) in [5, 5.41) is 9.06. The number of nitrogens with zero attached hydrogens (tertiary/aromatic N) is 2. The van der Waals surface area contributed by atoms with Crippen LogP contribution in [0.5, 0.6) is 0 Å². The zero-order valence-corrected chi connectivity index (χ0v) is 16.0. The number of rotatable bonds is 5. The molecule has 2 amide bonds. The first-order chi connectivity index (χ1) is 13.4. The van der Waals surface area contributed by atoms with Crippen molar-refractivity contribution < 1.29 is 9.59 Å². The number of hydrogen-bond acceptors (Lipinski definition) is 5. The first-order valence-corrected chi connectivity index (χ1v) is 8.83. The second-order valence-corrected chi connectivity index (χ2v) is 6.50. The van der Waals surface area contributed by atoms with Crippen LogP contribution in [0.3, 0.4) is 0 Å². The normalized spacial score (nSPS) is 10.2. The summed E-state index contributed by atoms with van der Waals surface area (Å²) in [6, 6.07) is 12.4. The third-order valence-corrected chi connectivity index (χ3v) is 4.21. The number of aryl methyl sites for hydroxylation is 1. The first-order valence-electron chi connectivity index (χ1n) is 8.45. The van der Waals surface area contributed by atoms with Gasteiger partial charge in [0.05, 0.1) is 5.56 Å². The van der Waals surface area contributed by atoms with Crippen molar-refractivity contribution >= 4 is 46.4 Å². The first kappa shape index (κ1) is 19.3. The summed E-state index contributed by atoms with van der Waals surface area (Å²) in [7, 11) is 0. The molecular weight excluding hydrogens is 378 g/mol. The van der Waals surface area contributed by atoms with Crippen LogP contribution in [0, 0.1) is 6.92 Å². The highest BCUT2D eigenvalue weighted by atomic mass is 35.5. The number of halogens is 1. The summed E-state index contributed by atoms with van der Waals surface area (Å²) in [6.45, 7) is 3.34. The molecular formula is C20H18ClN5O2. The lowest BCUT2D eigenvalue weighted by atomic mass is 10.2. The number of benzene rings is 2. The van der Waals surface area contributed by atoms with Gasteiger partial charge in [0.15, 0.2) is 0 Å². The molecule has 142 valence electrons. The molecule has 7 nitrogen and oxygen atoms in total. The molecule has 0 saturated carbocycles. The van der Waals surface area contributed by atoms with E-state index in [9.17, 15) is 9.59 Å². The van der Waals surface area contributed by atoms with E-state index in [1.807, 2.05) is 13.0 Å². The van der Waals surface area contributed by atoms with E-state index in [1.165, 1.54) is 19.3 Å². The molecule has 0 fully saturated rings. The smallest absolute Gasteiger partial charge is 0.258 e. The summed E-state index contributed by atoms with van der Waals surface area (Å²) in [6.07, 6.45) is 2.87. The maximum atomic E-state index is 12.3. The SMILES string of the molecule is CC(=O)Nc1ccc(Nc2ncc(C(=O)Nc3ccc(C)c(Cl)c3)cn2)cc1. The van der Waals surface area contributed by atoms with Crippen LogP contribution in [0.15, 0.2) is 54.9 Å². The van der Waals surface area contributed by atoms with Gasteiger partial charge >= 0.3 is 0 Å². The Balaban J connectivity index is 1.63. The second-order valence-electron chi connectivity index (χ2n) is 6.10. The van der Waals surface area contributed by atoms with E-state index in [2.05, 4.69) is 25.9 Å². The number of anilines is 4. The van der Waals surface area contributed by atoms with Crippen molar-refractivity contribution in [2.45, 2.75) is 13.8 Å². The third-order valence-electron chi connectivity index (χ3n) is 3.81. The average molecular weight is 396 g/mol. The van der Waals surface area contributed by atoms with E-state index in [4.69, 9.17) is 11.6 Å². The summed E-state index contributed by atoms with van der Waals surface area (Å²) >= 11 is 6.07. The highest BCUT2D eigenvalue weighted by Gasteiger charge is 2.09. The molecule has 0 radical (unpaired) electrons. The van der Waals surface area contributed by atoms with Crippen LogP contribution in [0.1, 0.15) is 22.8 Å². The van der Waals surface area contributed by atoms with Gasteiger partial charge in [0, 0.05) is 41.4 Å². The van der Waals surface area contributed by atoms with E-state index in [-0.39, 0.29) is 11.8 Å². The fourth-order valence-corrected chi connectivity index (χ4v) is 2.53. The fraction of sp³-hybridized carbons (Fsp3) is 0.100. The molecule has 2 aromatic carbocycles. The van der Waals surface area contributed by atoms with Crippen LogP contribution in [0.25, 0.3) is 0 Å². The predicted octanol–water partition coefficient (Wildman–Crippen LogP) is 4.39. The van der Waals surface area contributed by atoms with Gasteiger partial charge in [0.1, 0.15) is 0 Å². The minimum Gasteiger partial charge on any atom is -0.326 e. The van der Waals surface area contributed by atoms with Crippen LogP contribution >= 0.6 is 11.6 Å². The lowest BCUT2D eigenvalue weighted by molar-refractivity contribution is -0.114. The van der Waals surface area contributed by atoms with Gasteiger partial charge < -0.3 is 16.0 Å². The molecule has 0 atom stereocenters. The lowest BCUT2D eigenvalue weighted by Crippen LogP contribution is -2.13. The van der Waals surface area contributed by atoms with Gasteiger partial charge in [0.2, 0.25) is 11.9 Å². The second kappa shape index (κ2) is 8.49. The Hall–Kier alpha value is -3.45. The number of amides is 2. The monoisotopic (exact) mass is 395 g/mol. The fourth-order valence-electron chi connectivity index (χ4n) is 2.35. The van der Waals surface area contributed by atoms with E-state index >= 15 is 0 Å². The van der Waals surface area contributed by atoms with Gasteiger partial charge in [-0.15, -0.1) is 0 Å². The van der Waals surface area contributed by atoms with Crippen molar-refractivity contribution in [2.75, 3.05) is 16.0 Å². The topological polar surface area (TPSA) is 96.0 Å². The molecule has 0 aliphatic heterocycles. The number of aromatic nitrogens is 2. The highest BCUT2D eigenvalue weighted by Crippen LogP contribution is 2.21. The number of carbonyl (C=O) groups excluding carboxylic acids is 2. The molecule has 8 heteroatoms. The van der Waals surface area contributed by atoms with E-state index < -0.39 is 0 Å². The standard InChI is InChI=1S/C20H18ClN5O2/c1-12-3-4-17(9-18(12)21)25-19(28)14-10-22-20(23-11-14)26-16-7-5-15(6-8-16)24-13(2)27/h3-11H,1-2H3,(H,24,27)(H,25,28)(H,22,23,26). The van der Waals surface area contributed by atoms with Gasteiger partial charge in [-0.3, -0.25) is 9.59 Å². The molecule has 0 unspecified atom stereocenters. The van der Waals surface area contributed by atoms with Crippen molar-refractivity contribution in [2.24, 2.45) is 0 Å². The molecule has 1 aromatic heterocycles. The van der Waals surface area contributed by atoms with Crippen molar-refractivity contribution in [1.29, 1.82) is 0 Å². The van der Waals surface area contributed by atoms with Crippen LogP contribution in [-0.4, -0.2) is 21.8 Å². The van der Waals surface area contributed by atoms with Crippen LogP contribution in [0.4, 0.5) is 23.0 Å². The van der Waals surface area contributed by atoms with Crippen LogP contribution in [0.2, 0.25) is 5.02 Å². The Morgan fingerprint density at radius 2 is 1.50 bits per heavy atom. The summed E-state index contributed by atoms with van der Waals surface area (Å²) in [5.74, 6) is -0.112. The Bertz CT molecular complexity index is 1000. The quantitative estimate of drug-likeness (QED) is 0.595. The average Bonchev–Trinajstić information content (AvgIpc) is 2.66. The molecule has 0 aliphatic carbocycles. The number of carbonyl (C=O) groups is 2. The molecule has 28 heavy (non-hydrogen) atoms. The van der Waals surface area contributed by atoms with E-state index in [0.717, 1.165) is 11.3 Å². The lowest BCUT2D eigenvalue weighted by Gasteiger charge is -2.08. The molecule has 0 spiro atoms. The maximum absolute atomic E-state index is 12.3. The minimum atomic E-state index is -0.328. The molecule has 3 aromatic rings. The summed E-state index contributed by atoms with van der Waals surface area (Å²) in [5.41, 5.74) is 3.30. The summed E-state index contributed by atoms with van der Waals surface area (Å²) in [4.78, 5) is 31.7. The Labute approximate surface area is 167 Å². The predicted molar refractivity (Wildman–Crippen MR) is 110 cm³/mol. The molecule has 0 bridgehead atoms. The highest BCUT2D eigenvalue weighted by molar-refractivity contribution is 6.31. The minimum absolute atomic E-state index is 0.134. The Kier molecular flexibility index (Phi) is 5.86. The molecule has 3 rings (SSSR count). The maximum Gasteiger partial charge on any atom is 0.258 e. The summed E-state index contributed by atoms with van der Waals surface area (Å²) < 4.78 is 0. The zero-order valence-electron chi connectivity index (χ0n) is 15.3. The van der Waals surface area contributed by atoms with Crippen LogP contribution < -0.4 is 16.0 Å². The molecule has 0 aliphatic rings. The van der Waals surface area contributed by atoms with Gasteiger partial charge in [-0.25, -0.2) is 9.97 Å². The van der Waals surface area contributed by atoms with Crippen molar-refractivity contribution in [3.8, 4) is 0 Å². The van der Waals surface area contributed by atoms with E-state index in [0.29, 0.717) is 27.9 Å². The molecule has 3 N–H and O–H groups in total. The van der Waals surface area contributed by atoms with Gasteiger partial charge in [-0.05, 0) is 48.9 Å². The molecule has 0 saturated heterocycles. The van der Waals surface area contributed by atoms with E-state index in [1.54, 1.807) is 36.4 Å². The van der Waals surface area contributed by atoms with Crippen molar-refractivity contribution in [1.82, 2.24) is 9.97 Å². The Morgan fingerprint density at radius 3 is 2.11 bits per heavy atom. The zero-order chi connectivity index (χ0) is 20.1. The van der Waals surface area contributed by atoms with Gasteiger partial charge in [0.25, 0.3) is 5.91 Å².